The summed E-state index contributed by atoms with van der Waals surface area (Å²) in [5.41, 5.74) is 5.57. The molecule has 0 aromatic carbocycles. The van der Waals surface area contributed by atoms with E-state index in [4.69, 9.17) is 10.5 Å². The van der Waals surface area contributed by atoms with Crippen LogP contribution in [0.1, 0.15) is 25.7 Å². The van der Waals surface area contributed by atoms with E-state index in [0.717, 1.165) is 13.0 Å². The van der Waals surface area contributed by atoms with Crippen molar-refractivity contribution >= 4 is 0 Å². The van der Waals surface area contributed by atoms with E-state index < -0.39 is 0 Å². The van der Waals surface area contributed by atoms with Crippen molar-refractivity contribution in [3.8, 4) is 5.88 Å². The zero-order valence-corrected chi connectivity index (χ0v) is 9.89. The Labute approximate surface area is 100 Å². The molecule has 3 N–H and O–H groups in total. The van der Waals surface area contributed by atoms with Gasteiger partial charge in [0.1, 0.15) is 0 Å². The predicted molar refractivity (Wildman–Crippen MR) is 64.9 cm³/mol. The molecule has 1 heterocycles. The summed E-state index contributed by atoms with van der Waals surface area (Å²) in [4.78, 5) is 17.5. The smallest absolute Gasteiger partial charge is 0.254 e. The molecular formula is C12H19N3O2. The number of nitrogens with two attached hydrogens (primary N) is 1. The third kappa shape index (κ3) is 3.30. The van der Waals surface area contributed by atoms with Crippen LogP contribution in [0.3, 0.4) is 0 Å². The summed E-state index contributed by atoms with van der Waals surface area (Å²) in [6.45, 7) is 1.33. The molecule has 0 amide bonds. The molecule has 17 heavy (non-hydrogen) atoms. The lowest BCUT2D eigenvalue weighted by Gasteiger charge is -2.30. The summed E-state index contributed by atoms with van der Waals surface area (Å²) in [6.07, 6.45) is 6.21. The minimum Gasteiger partial charge on any atom is -0.477 e. The van der Waals surface area contributed by atoms with Gasteiger partial charge in [0, 0.05) is 0 Å². The van der Waals surface area contributed by atoms with Crippen molar-refractivity contribution in [2.45, 2.75) is 25.7 Å². The molecule has 0 bridgehead atoms. The lowest BCUT2D eigenvalue weighted by atomic mass is 9.80. The molecule has 1 aliphatic carbocycles. The van der Waals surface area contributed by atoms with E-state index in [-0.39, 0.29) is 5.56 Å². The van der Waals surface area contributed by atoms with Crippen LogP contribution in [-0.2, 0) is 0 Å². The monoisotopic (exact) mass is 237 g/mol. The quantitative estimate of drug-likeness (QED) is 0.815. The first-order valence-corrected chi connectivity index (χ1v) is 6.17. The first-order chi connectivity index (χ1) is 8.29. The Morgan fingerprint density at radius 2 is 2.18 bits per heavy atom. The van der Waals surface area contributed by atoms with Crippen molar-refractivity contribution in [1.82, 2.24) is 9.97 Å². The van der Waals surface area contributed by atoms with Gasteiger partial charge in [0.25, 0.3) is 5.56 Å². The number of aromatic nitrogens is 2. The average molecular weight is 237 g/mol. The summed E-state index contributed by atoms with van der Waals surface area (Å²) in [6, 6.07) is 1.38. The van der Waals surface area contributed by atoms with Gasteiger partial charge < -0.3 is 15.5 Å². The van der Waals surface area contributed by atoms with Gasteiger partial charge in [0.05, 0.1) is 19.0 Å². The van der Waals surface area contributed by atoms with E-state index in [1.165, 1.54) is 31.7 Å². The number of hydrogen-bond acceptors (Lipinski definition) is 4. The van der Waals surface area contributed by atoms with Crippen molar-refractivity contribution in [3.05, 3.63) is 22.7 Å². The molecule has 94 valence electrons. The van der Waals surface area contributed by atoms with Crippen LogP contribution in [0, 0.1) is 11.8 Å². The molecule has 5 nitrogen and oxygen atoms in total. The molecule has 2 unspecified atom stereocenters. The topological polar surface area (TPSA) is 81.0 Å². The minimum atomic E-state index is -0.186. The molecule has 0 radical (unpaired) electrons. The fraction of sp³-hybridized carbons (Fsp3) is 0.667. The standard InChI is InChI=1S/C12H19N3O2/c13-6-9-3-1-2-4-10(9)7-17-12-5-11(16)14-8-15-12/h5,8-10H,1-4,6-7,13H2,(H,14,15,16). The summed E-state index contributed by atoms with van der Waals surface area (Å²) in [5, 5.41) is 0. The highest BCUT2D eigenvalue weighted by atomic mass is 16.5. The second-order valence-electron chi connectivity index (χ2n) is 4.60. The number of nitrogens with zero attached hydrogens (tertiary/aromatic N) is 1. The van der Waals surface area contributed by atoms with Crippen LogP contribution in [0.4, 0.5) is 0 Å². The van der Waals surface area contributed by atoms with Gasteiger partial charge in [-0.25, -0.2) is 4.98 Å². The Hall–Kier alpha value is -1.36. The highest BCUT2D eigenvalue weighted by Crippen LogP contribution is 2.29. The molecule has 2 rings (SSSR count). The van der Waals surface area contributed by atoms with Crippen LogP contribution in [0.2, 0.25) is 0 Å². The first kappa shape index (κ1) is 12.1. The maximum atomic E-state index is 11.1. The van der Waals surface area contributed by atoms with Crippen molar-refractivity contribution < 1.29 is 4.74 Å². The highest BCUT2D eigenvalue weighted by Gasteiger charge is 2.24. The lowest BCUT2D eigenvalue weighted by Crippen LogP contribution is -2.31. The first-order valence-electron chi connectivity index (χ1n) is 6.17. The molecule has 1 aliphatic rings. The fourth-order valence-electron chi connectivity index (χ4n) is 2.44. The molecule has 0 spiro atoms. The third-order valence-electron chi connectivity index (χ3n) is 3.47. The Kier molecular flexibility index (Phi) is 4.14. The molecule has 1 aromatic heterocycles. The van der Waals surface area contributed by atoms with Crippen molar-refractivity contribution in [2.75, 3.05) is 13.2 Å². The maximum absolute atomic E-state index is 11.1. The SMILES string of the molecule is NCC1CCCCC1COc1cc(=O)[nH]cn1. The summed E-state index contributed by atoms with van der Waals surface area (Å²) >= 11 is 0. The van der Waals surface area contributed by atoms with Gasteiger partial charge >= 0.3 is 0 Å². The van der Waals surface area contributed by atoms with Crippen LogP contribution in [0.5, 0.6) is 5.88 Å². The molecule has 0 saturated heterocycles. The van der Waals surface area contributed by atoms with Gasteiger partial charge in [-0.05, 0) is 31.2 Å². The van der Waals surface area contributed by atoms with Gasteiger partial charge in [-0.1, -0.05) is 12.8 Å². The van der Waals surface area contributed by atoms with Crippen LogP contribution in [0.15, 0.2) is 17.2 Å². The zero-order chi connectivity index (χ0) is 12.1. The lowest BCUT2D eigenvalue weighted by molar-refractivity contribution is 0.149. The van der Waals surface area contributed by atoms with Crippen molar-refractivity contribution in [2.24, 2.45) is 17.6 Å². The molecule has 1 fully saturated rings. The molecule has 1 saturated carbocycles. The fourth-order valence-corrected chi connectivity index (χ4v) is 2.44. The van der Waals surface area contributed by atoms with E-state index in [2.05, 4.69) is 9.97 Å². The molecule has 0 aliphatic heterocycles. The number of ether oxygens (including phenoxy) is 1. The zero-order valence-electron chi connectivity index (χ0n) is 9.89. The summed E-state index contributed by atoms with van der Waals surface area (Å²) < 4.78 is 5.57. The number of aromatic amines is 1. The largest absolute Gasteiger partial charge is 0.477 e. The Morgan fingerprint density at radius 3 is 2.88 bits per heavy atom. The van der Waals surface area contributed by atoms with Gasteiger partial charge in [-0.2, -0.15) is 0 Å². The second-order valence-corrected chi connectivity index (χ2v) is 4.60. The highest BCUT2D eigenvalue weighted by molar-refractivity contribution is 5.04. The molecular weight excluding hydrogens is 218 g/mol. The van der Waals surface area contributed by atoms with Gasteiger partial charge in [0.15, 0.2) is 0 Å². The van der Waals surface area contributed by atoms with E-state index >= 15 is 0 Å². The second kappa shape index (κ2) is 5.82. The normalized spacial score (nSPS) is 24.5. The molecule has 2 atom stereocenters. The third-order valence-corrected chi connectivity index (χ3v) is 3.47. The number of rotatable bonds is 4. The molecule has 1 aromatic rings. The predicted octanol–water partition coefficient (Wildman–Crippen LogP) is 0.914. The van der Waals surface area contributed by atoms with Crippen molar-refractivity contribution in [1.29, 1.82) is 0 Å². The van der Waals surface area contributed by atoms with Crippen molar-refractivity contribution in [3.63, 3.8) is 0 Å². The van der Waals surface area contributed by atoms with Gasteiger partial charge in [-0.15, -0.1) is 0 Å². The van der Waals surface area contributed by atoms with Crippen LogP contribution >= 0.6 is 0 Å². The Morgan fingerprint density at radius 1 is 1.41 bits per heavy atom. The minimum absolute atomic E-state index is 0.186. The number of H-pyrrole nitrogens is 1. The number of nitrogens with one attached hydrogen (secondary N) is 1. The van der Waals surface area contributed by atoms with Crippen LogP contribution in [-0.4, -0.2) is 23.1 Å². The van der Waals surface area contributed by atoms with Gasteiger partial charge in [-0.3, -0.25) is 4.79 Å². The van der Waals surface area contributed by atoms with Crippen LogP contribution < -0.4 is 16.0 Å². The van der Waals surface area contributed by atoms with Crippen LogP contribution in [0.25, 0.3) is 0 Å². The van der Waals surface area contributed by atoms with E-state index in [1.54, 1.807) is 0 Å². The summed E-state index contributed by atoms with van der Waals surface area (Å²) in [5.74, 6) is 1.44. The van der Waals surface area contributed by atoms with E-state index in [1.807, 2.05) is 0 Å². The summed E-state index contributed by atoms with van der Waals surface area (Å²) in [7, 11) is 0. The maximum Gasteiger partial charge on any atom is 0.254 e. The Balaban J connectivity index is 1.90. The van der Waals surface area contributed by atoms with E-state index in [9.17, 15) is 4.79 Å². The van der Waals surface area contributed by atoms with E-state index in [0.29, 0.717) is 24.3 Å². The Bertz CT molecular complexity index is 405. The average Bonchev–Trinajstić information content (AvgIpc) is 2.37. The number of hydrogen-bond donors (Lipinski definition) is 2. The molecule has 5 heteroatoms. The van der Waals surface area contributed by atoms with Gasteiger partial charge in [0.2, 0.25) is 5.88 Å².